The van der Waals surface area contributed by atoms with Crippen LogP contribution in [0.5, 0.6) is 0 Å². The van der Waals surface area contributed by atoms with Gasteiger partial charge in [-0.2, -0.15) is 0 Å². The molecule has 2 aromatic carbocycles. The molecule has 0 bridgehead atoms. The number of rotatable bonds is 10. The van der Waals surface area contributed by atoms with Gasteiger partial charge in [-0.1, -0.05) is 87.1 Å². The summed E-state index contributed by atoms with van der Waals surface area (Å²) in [6.07, 6.45) is 11.4. The van der Waals surface area contributed by atoms with Crippen LogP contribution < -0.4 is 0 Å². The molecule has 4 rings (SSSR count). The van der Waals surface area contributed by atoms with E-state index in [4.69, 9.17) is 19.6 Å². The van der Waals surface area contributed by atoms with E-state index in [0.717, 1.165) is 47.9 Å². The minimum absolute atomic E-state index is 0.331. The number of aliphatic hydroxyl groups excluding tert-OH is 3. The van der Waals surface area contributed by atoms with Gasteiger partial charge in [0.1, 0.15) is 5.60 Å². The van der Waals surface area contributed by atoms with Crippen LogP contribution in [0.4, 0.5) is 0 Å². The maximum atomic E-state index is 12.8. The van der Waals surface area contributed by atoms with E-state index in [2.05, 4.69) is 16.4 Å². The van der Waals surface area contributed by atoms with Crippen LogP contribution in [0.1, 0.15) is 98.3 Å². The molecule has 2 aliphatic carbocycles. The third-order valence-corrected chi connectivity index (χ3v) is 9.78. The first-order valence-electron chi connectivity index (χ1n) is 14.0. The lowest BCUT2D eigenvalue weighted by atomic mass is 9.61. The quantitative estimate of drug-likeness (QED) is 0.185. The third-order valence-electron chi connectivity index (χ3n) is 8.61. The van der Waals surface area contributed by atoms with Crippen molar-refractivity contribution in [3.63, 3.8) is 0 Å². The highest BCUT2D eigenvalue weighted by atomic mass is 31.2. The summed E-state index contributed by atoms with van der Waals surface area (Å²) >= 11 is 0. The maximum Gasteiger partial charge on any atom is 0.334 e. The van der Waals surface area contributed by atoms with Crippen molar-refractivity contribution in [2.75, 3.05) is 19.8 Å². The van der Waals surface area contributed by atoms with E-state index >= 15 is 0 Å². The molecule has 0 unspecified atom stereocenters. The van der Waals surface area contributed by atoms with Crippen molar-refractivity contribution in [1.82, 2.24) is 0 Å². The second-order valence-corrected chi connectivity index (χ2v) is 12.6. The Bertz CT molecular complexity index is 944. The number of benzene rings is 2. The molecule has 11 heteroatoms. The lowest BCUT2D eigenvalue weighted by Crippen LogP contribution is -2.55. The van der Waals surface area contributed by atoms with E-state index in [1.807, 2.05) is 36.4 Å². The lowest BCUT2D eigenvalue weighted by molar-refractivity contribution is -0.137. The molecule has 0 spiro atoms. The fourth-order valence-electron chi connectivity index (χ4n) is 6.47. The molecular weight excluding hydrogens is 554 g/mol. The molecule has 0 heterocycles. The zero-order valence-corrected chi connectivity index (χ0v) is 24.6. The summed E-state index contributed by atoms with van der Waals surface area (Å²) in [7, 11) is -5.22. The van der Waals surface area contributed by atoms with Gasteiger partial charge in [-0.05, 0) is 59.8 Å². The van der Waals surface area contributed by atoms with Crippen molar-refractivity contribution in [3.8, 4) is 0 Å². The van der Waals surface area contributed by atoms with Gasteiger partial charge in [0.2, 0.25) is 0 Å². The van der Waals surface area contributed by atoms with E-state index in [-0.39, 0.29) is 0 Å². The molecule has 0 aromatic heterocycles. The molecule has 0 atom stereocenters. The Balaban J connectivity index is 0.000000559. The van der Waals surface area contributed by atoms with Crippen molar-refractivity contribution in [3.05, 3.63) is 70.8 Å². The van der Waals surface area contributed by atoms with Crippen LogP contribution in [0.25, 0.3) is 0 Å². The molecule has 40 heavy (non-hydrogen) atoms. The van der Waals surface area contributed by atoms with E-state index in [1.54, 1.807) is 0 Å². The highest BCUT2D eigenvalue weighted by Crippen LogP contribution is 2.51. The van der Waals surface area contributed by atoms with Gasteiger partial charge >= 0.3 is 17.2 Å². The summed E-state index contributed by atoms with van der Waals surface area (Å²) in [6, 6.07) is 15.9. The minimum Gasteiger partial charge on any atom is -0.395 e. The Morgan fingerprint density at radius 3 is 1.25 bits per heavy atom. The largest absolute Gasteiger partial charge is 0.395 e. The van der Waals surface area contributed by atoms with Gasteiger partial charge in [-0.15, -0.1) is 0 Å². The fraction of sp³-hybridized carbons (Fsp3) is 0.586. The second-order valence-electron chi connectivity index (χ2n) is 10.9. The van der Waals surface area contributed by atoms with Gasteiger partial charge in [-0.3, -0.25) is 0 Å². The molecule has 0 amide bonds. The molecule has 8 N–H and O–H groups in total. The van der Waals surface area contributed by atoms with E-state index in [9.17, 15) is 20.4 Å². The summed E-state index contributed by atoms with van der Waals surface area (Å²) in [6.45, 7) is -1.56. The molecule has 2 fully saturated rings. The summed E-state index contributed by atoms with van der Waals surface area (Å²) in [4.78, 5) is 31.3. The first kappa shape index (κ1) is 33.4. The molecule has 224 valence electrons. The smallest absolute Gasteiger partial charge is 0.334 e. The Hall–Kier alpha value is -1.06. The van der Waals surface area contributed by atoms with Crippen LogP contribution in [-0.4, -0.2) is 59.8 Å². The minimum atomic E-state index is -2.61. The molecule has 2 saturated carbocycles. The summed E-state index contributed by atoms with van der Waals surface area (Å²) in [5.41, 5.74) is 0.376. The summed E-state index contributed by atoms with van der Waals surface area (Å²) in [5, 5.41) is 44.5. The first-order chi connectivity index (χ1) is 19.2. The average molecular weight is 599 g/mol. The van der Waals surface area contributed by atoms with Gasteiger partial charge in [0.15, 0.2) is 0 Å². The van der Waals surface area contributed by atoms with Crippen molar-refractivity contribution in [2.45, 2.75) is 81.6 Å². The zero-order valence-electron chi connectivity index (χ0n) is 22.8. The van der Waals surface area contributed by atoms with E-state index in [1.165, 1.54) is 38.5 Å². The molecule has 2 aromatic rings. The van der Waals surface area contributed by atoms with Crippen LogP contribution in [0.2, 0.25) is 0 Å². The van der Waals surface area contributed by atoms with Gasteiger partial charge < -0.3 is 40.0 Å². The van der Waals surface area contributed by atoms with Crippen LogP contribution in [0, 0.1) is 5.41 Å². The Morgan fingerprint density at radius 1 is 0.600 bits per heavy atom. The maximum absolute atomic E-state index is 12.8. The van der Waals surface area contributed by atoms with Crippen LogP contribution >= 0.6 is 17.2 Å². The molecule has 0 saturated heterocycles. The van der Waals surface area contributed by atoms with E-state index in [0.29, 0.717) is 11.8 Å². The Kier molecular flexibility index (Phi) is 13.4. The molecule has 2 aliphatic rings. The molecule has 9 nitrogen and oxygen atoms in total. The predicted molar refractivity (Wildman–Crippen MR) is 155 cm³/mol. The summed E-state index contributed by atoms with van der Waals surface area (Å²) in [5.74, 6) is 0.661. The van der Waals surface area contributed by atoms with Gasteiger partial charge in [-0.25, -0.2) is 4.31 Å². The number of hydrogen-bond acceptors (Lipinski definition) is 9. The number of hydrogen-bond donors (Lipinski definition) is 8. The van der Waals surface area contributed by atoms with Crippen molar-refractivity contribution in [2.24, 2.45) is 5.41 Å². The van der Waals surface area contributed by atoms with Crippen LogP contribution in [0.3, 0.4) is 0 Å². The van der Waals surface area contributed by atoms with Crippen molar-refractivity contribution >= 4 is 17.2 Å². The first-order valence-corrected chi connectivity index (χ1v) is 16.3. The SMILES string of the molecule is OCC(CO)(CO)C(O)(c1ccccc1C1CCCCC1)c1ccccc1C1CCCCC1.OP(O)OP(O)O. The van der Waals surface area contributed by atoms with Gasteiger partial charge in [0.05, 0.1) is 25.2 Å². The van der Waals surface area contributed by atoms with Gasteiger partial charge in [0, 0.05) is 0 Å². The van der Waals surface area contributed by atoms with E-state index < -0.39 is 48.0 Å². The molecule has 0 radical (unpaired) electrons. The predicted octanol–water partition coefficient (Wildman–Crippen LogP) is 4.41. The Morgan fingerprint density at radius 2 is 0.950 bits per heavy atom. The standard InChI is InChI=1S/C29H40O4.H4O5P2/c30-19-28(20-31,21-32)29(33,26-17-9-7-15-24(26)22-11-3-1-4-12-22)27-18-10-8-16-25(27)23-13-5-2-6-14-23;1-6(2)5-7(3)4/h7-10,15-18,22-23,30-33H,1-6,11-14,19-21H2;1-4H. The zero-order chi connectivity index (χ0) is 29.2. The third kappa shape index (κ3) is 7.66. The molecular formula is C29H44O9P2. The van der Waals surface area contributed by atoms with Crippen LogP contribution in [0.15, 0.2) is 48.5 Å². The van der Waals surface area contributed by atoms with Crippen molar-refractivity contribution < 1.29 is 44.3 Å². The fourth-order valence-corrected chi connectivity index (χ4v) is 6.99. The van der Waals surface area contributed by atoms with Crippen molar-refractivity contribution in [1.29, 1.82) is 0 Å². The lowest BCUT2D eigenvalue weighted by Gasteiger charge is -2.48. The summed E-state index contributed by atoms with van der Waals surface area (Å²) < 4.78 is 3.60. The topological polar surface area (TPSA) is 171 Å². The highest BCUT2D eigenvalue weighted by molar-refractivity contribution is 7.53. The normalized spacial score (nSPS) is 17.6. The van der Waals surface area contributed by atoms with Gasteiger partial charge in [0.25, 0.3) is 0 Å². The Labute approximate surface area is 239 Å². The average Bonchev–Trinajstić information content (AvgIpc) is 2.98. The van der Waals surface area contributed by atoms with Crippen LogP contribution in [-0.2, 0) is 9.91 Å². The highest BCUT2D eigenvalue weighted by Gasteiger charge is 2.54. The monoisotopic (exact) mass is 598 g/mol. The second kappa shape index (κ2) is 16.0. The molecule has 0 aliphatic heterocycles. The number of aliphatic hydroxyl groups is 4.